The van der Waals surface area contributed by atoms with Crippen LogP contribution >= 0.6 is 11.3 Å². The lowest BCUT2D eigenvalue weighted by Crippen LogP contribution is -2.22. The van der Waals surface area contributed by atoms with Crippen LogP contribution in [0.5, 0.6) is 0 Å². The molecule has 1 aromatic rings. The first-order valence-electron chi connectivity index (χ1n) is 5.38. The summed E-state index contributed by atoms with van der Waals surface area (Å²) < 4.78 is 22.6. The van der Waals surface area contributed by atoms with Crippen LogP contribution in [0.2, 0.25) is 0 Å². The highest BCUT2D eigenvalue weighted by atomic mass is 32.2. The average Bonchev–Trinajstić information content (AvgIpc) is 2.59. The quantitative estimate of drug-likeness (QED) is 0.867. The molecule has 0 radical (unpaired) electrons. The second-order valence-electron chi connectivity index (χ2n) is 4.19. The second-order valence-corrected chi connectivity index (χ2v) is 7.61. The molecule has 1 fully saturated rings. The summed E-state index contributed by atoms with van der Waals surface area (Å²) >= 11 is 1.64. The summed E-state index contributed by atoms with van der Waals surface area (Å²) in [4.78, 5) is 5.61. The van der Waals surface area contributed by atoms with Gasteiger partial charge in [0.15, 0.2) is 0 Å². The van der Waals surface area contributed by atoms with Crippen LogP contribution in [0.4, 0.5) is 0 Å². The fraction of sp³-hybridized carbons (Fsp3) is 0.700. The van der Waals surface area contributed by atoms with E-state index in [-0.39, 0.29) is 0 Å². The maximum atomic E-state index is 11.3. The van der Waals surface area contributed by atoms with E-state index in [1.807, 2.05) is 6.92 Å². The van der Waals surface area contributed by atoms with Crippen LogP contribution in [-0.2, 0) is 16.4 Å². The van der Waals surface area contributed by atoms with Crippen LogP contribution in [0.3, 0.4) is 0 Å². The molecule has 16 heavy (non-hydrogen) atoms. The standard InChI is InChI=1S/C10H16N2O2S2/c1-7-9(6-11)15-10(12-7)8-2-4-16(13,14)5-3-8/h8H,2-6,11H2,1H3. The van der Waals surface area contributed by atoms with Gasteiger partial charge in [-0.3, -0.25) is 0 Å². The number of sulfone groups is 1. The Hall–Kier alpha value is -0.460. The molecule has 6 heteroatoms. The van der Waals surface area contributed by atoms with Crippen molar-refractivity contribution in [3.05, 3.63) is 15.6 Å². The van der Waals surface area contributed by atoms with E-state index in [0.717, 1.165) is 15.6 Å². The molecule has 2 N–H and O–H groups in total. The Morgan fingerprint density at radius 1 is 1.44 bits per heavy atom. The van der Waals surface area contributed by atoms with Crippen molar-refractivity contribution >= 4 is 21.2 Å². The number of nitrogens with zero attached hydrogens (tertiary/aromatic N) is 1. The molecule has 2 rings (SSSR count). The summed E-state index contributed by atoms with van der Waals surface area (Å²) in [5, 5.41) is 1.06. The van der Waals surface area contributed by atoms with Gasteiger partial charge in [0.1, 0.15) is 9.84 Å². The van der Waals surface area contributed by atoms with Gasteiger partial charge in [-0.1, -0.05) is 0 Å². The smallest absolute Gasteiger partial charge is 0.150 e. The molecule has 0 atom stereocenters. The highest BCUT2D eigenvalue weighted by molar-refractivity contribution is 7.91. The largest absolute Gasteiger partial charge is 0.326 e. The van der Waals surface area contributed by atoms with Crippen molar-refractivity contribution in [2.75, 3.05) is 11.5 Å². The van der Waals surface area contributed by atoms with Crippen LogP contribution in [0.1, 0.15) is 34.3 Å². The summed E-state index contributed by atoms with van der Waals surface area (Å²) in [5.74, 6) is 0.912. The Bertz CT molecular complexity index is 465. The third-order valence-corrected chi connectivity index (χ3v) is 6.06. The fourth-order valence-electron chi connectivity index (χ4n) is 1.95. The maximum Gasteiger partial charge on any atom is 0.150 e. The van der Waals surface area contributed by atoms with Crippen molar-refractivity contribution in [3.63, 3.8) is 0 Å². The number of aromatic nitrogens is 1. The minimum atomic E-state index is -2.78. The molecule has 1 saturated heterocycles. The molecular weight excluding hydrogens is 244 g/mol. The van der Waals surface area contributed by atoms with E-state index in [4.69, 9.17) is 5.73 Å². The molecule has 4 nitrogen and oxygen atoms in total. The van der Waals surface area contributed by atoms with Crippen LogP contribution in [-0.4, -0.2) is 24.9 Å². The first kappa shape index (κ1) is 12.0. The number of hydrogen-bond acceptors (Lipinski definition) is 5. The zero-order valence-electron chi connectivity index (χ0n) is 9.27. The molecule has 2 heterocycles. The summed E-state index contributed by atoms with van der Waals surface area (Å²) in [5.41, 5.74) is 6.61. The molecule has 0 bridgehead atoms. The molecule has 0 amide bonds. The highest BCUT2D eigenvalue weighted by Gasteiger charge is 2.27. The minimum Gasteiger partial charge on any atom is -0.326 e. The monoisotopic (exact) mass is 260 g/mol. The Morgan fingerprint density at radius 2 is 2.06 bits per heavy atom. The molecule has 0 aromatic carbocycles. The number of thiazole rings is 1. The molecule has 0 spiro atoms. The van der Waals surface area contributed by atoms with Gasteiger partial charge in [-0.15, -0.1) is 11.3 Å². The summed E-state index contributed by atoms with van der Waals surface area (Å²) in [6.07, 6.45) is 1.42. The van der Waals surface area contributed by atoms with Crippen molar-refractivity contribution in [1.29, 1.82) is 0 Å². The topological polar surface area (TPSA) is 73.0 Å². The summed E-state index contributed by atoms with van der Waals surface area (Å²) in [7, 11) is -2.78. The molecule has 0 saturated carbocycles. The third kappa shape index (κ3) is 2.44. The number of aryl methyl sites for hydroxylation is 1. The zero-order chi connectivity index (χ0) is 11.8. The number of rotatable bonds is 2. The van der Waals surface area contributed by atoms with Gasteiger partial charge in [0.25, 0.3) is 0 Å². The van der Waals surface area contributed by atoms with E-state index in [0.29, 0.717) is 36.8 Å². The zero-order valence-corrected chi connectivity index (χ0v) is 10.9. The molecular formula is C10H16N2O2S2. The summed E-state index contributed by atoms with van der Waals surface area (Å²) in [6, 6.07) is 0. The van der Waals surface area contributed by atoms with Crippen molar-refractivity contribution in [1.82, 2.24) is 4.98 Å². The minimum absolute atomic E-state index is 0.300. The van der Waals surface area contributed by atoms with Gasteiger partial charge in [-0.25, -0.2) is 13.4 Å². The Morgan fingerprint density at radius 3 is 2.56 bits per heavy atom. The third-order valence-electron chi connectivity index (χ3n) is 3.00. The van der Waals surface area contributed by atoms with E-state index in [2.05, 4.69) is 4.98 Å². The van der Waals surface area contributed by atoms with Gasteiger partial charge in [0, 0.05) is 17.3 Å². The Kier molecular flexibility index (Phi) is 3.32. The van der Waals surface area contributed by atoms with Crippen LogP contribution in [0.25, 0.3) is 0 Å². The van der Waals surface area contributed by atoms with Gasteiger partial charge < -0.3 is 5.73 Å². The van der Waals surface area contributed by atoms with Crippen molar-refractivity contribution < 1.29 is 8.42 Å². The van der Waals surface area contributed by atoms with E-state index < -0.39 is 9.84 Å². The van der Waals surface area contributed by atoms with Crippen LogP contribution < -0.4 is 5.73 Å². The lowest BCUT2D eigenvalue weighted by molar-refractivity contribution is 0.549. The number of nitrogens with two attached hydrogens (primary N) is 1. The van der Waals surface area contributed by atoms with Gasteiger partial charge >= 0.3 is 0 Å². The lowest BCUT2D eigenvalue weighted by atomic mass is 10.0. The molecule has 1 aromatic heterocycles. The van der Waals surface area contributed by atoms with Gasteiger partial charge in [-0.2, -0.15) is 0 Å². The van der Waals surface area contributed by atoms with Gasteiger partial charge in [0.05, 0.1) is 22.2 Å². The molecule has 1 aliphatic rings. The van der Waals surface area contributed by atoms with E-state index >= 15 is 0 Å². The predicted octanol–water partition coefficient (Wildman–Crippen LogP) is 1.20. The molecule has 0 aliphatic carbocycles. The highest BCUT2D eigenvalue weighted by Crippen LogP contribution is 2.33. The van der Waals surface area contributed by atoms with E-state index in [1.54, 1.807) is 11.3 Å². The maximum absolute atomic E-state index is 11.3. The lowest BCUT2D eigenvalue weighted by Gasteiger charge is -2.19. The van der Waals surface area contributed by atoms with E-state index in [9.17, 15) is 8.42 Å². The summed E-state index contributed by atoms with van der Waals surface area (Å²) in [6.45, 7) is 2.48. The normalized spacial score (nSPS) is 21.1. The van der Waals surface area contributed by atoms with Crippen molar-refractivity contribution in [3.8, 4) is 0 Å². The molecule has 90 valence electrons. The first-order valence-corrected chi connectivity index (χ1v) is 8.02. The Balaban J connectivity index is 2.14. The molecule has 0 unspecified atom stereocenters. The van der Waals surface area contributed by atoms with Crippen molar-refractivity contribution in [2.45, 2.75) is 32.2 Å². The number of hydrogen-bond donors (Lipinski definition) is 1. The van der Waals surface area contributed by atoms with Crippen molar-refractivity contribution in [2.24, 2.45) is 5.73 Å². The predicted molar refractivity (Wildman–Crippen MR) is 65.4 cm³/mol. The molecule has 1 aliphatic heterocycles. The van der Waals surface area contributed by atoms with E-state index in [1.165, 1.54) is 0 Å². The Labute approximate surface area is 99.8 Å². The van der Waals surface area contributed by atoms with Crippen LogP contribution in [0.15, 0.2) is 0 Å². The first-order chi connectivity index (χ1) is 7.52. The second kappa shape index (κ2) is 4.43. The van der Waals surface area contributed by atoms with Gasteiger partial charge in [0.2, 0.25) is 0 Å². The average molecular weight is 260 g/mol. The van der Waals surface area contributed by atoms with Gasteiger partial charge in [-0.05, 0) is 19.8 Å². The fourth-order valence-corrected chi connectivity index (χ4v) is 4.56. The SMILES string of the molecule is Cc1nc(C2CCS(=O)(=O)CC2)sc1CN. The van der Waals surface area contributed by atoms with Crippen LogP contribution in [0, 0.1) is 6.92 Å².